The molecule has 2 atom stereocenters. The molecule has 2 unspecified atom stereocenters. The van der Waals surface area contributed by atoms with E-state index in [9.17, 15) is 0 Å². The first-order valence-electron chi connectivity index (χ1n) is 7.27. The summed E-state index contributed by atoms with van der Waals surface area (Å²) in [5, 5.41) is 4.48. The first kappa shape index (κ1) is 14.8. The Bertz CT molecular complexity index is 403. The second kappa shape index (κ2) is 6.74. The van der Waals surface area contributed by atoms with Crippen LogP contribution in [0.15, 0.2) is 24.3 Å². The van der Waals surface area contributed by atoms with Crippen molar-refractivity contribution in [2.45, 2.75) is 38.8 Å². The maximum atomic E-state index is 6.26. The summed E-state index contributed by atoms with van der Waals surface area (Å²) in [5.74, 6) is 0.922. The lowest BCUT2D eigenvalue weighted by Gasteiger charge is -2.26. The molecule has 1 saturated carbocycles. The van der Waals surface area contributed by atoms with Crippen LogP contribution in [0.25, 0.3) is 0 Å². The molecule has 0 amide bonds. The fourth-order valence-corrected chi connectivity index (χ4v) is 2.77. The predicted octanol–water partition coefficient (Wildman–Crippen LogP) is 3.72. The first-order chi connectivity index (χ1) is 9.09. The highest BCUT2D eigenvalue weighted by Crippen LogP contribution is 2.32. The highest BCUT2D eigenvalue weighted by Gasteiger charge is 2.27. The Labute approximate surface area is 122 Å². The molecule has 0 bridgehead atoms. The number of benzene rings is 1. The molecular weight excluding hydrogens is 256 g/mol. The molecule has 106 valence electrons. The predicted molar refractivity (Wildman–Crippen MR) is 82.7 cm³/mol. The van der Waals surface area contributed by atoms with Crippen LogP contribution in [0.2, 0.25) is 5.02 Å². The fraction of sp³-hybridized carbons (Fsp3) is 0.625. The van der Waals surface area contributed by atoms with Crippen LogP contribution in [-0.2, 0) is 0 Å². The summed E-state index contributed by atoms with van der Waals surface area (Å²) in [5.41, 5.74) is 1.21. The van der Waals surface area contributed by atoms with Crippen LogP contribution in [0.4, 0.5) is 0 Å². The van der Waals surface area contributed by atoms with Crippen molar-refractivity contribution in [2.24, 2.45) is 5.92 Å². The highest BCUT2D eigenvalue weighted by atomic mass is 35.5. The molecule has 3 heteroatoms. The molecule has 0 heterocycles. The lowest BCUT2D eigenvalue weighted by molar-refractivity contribution is 0.256. The zero-order valence-electron chi connectivity index (χ0n) is 12.2. The molecule has 1 aliphatic carbocycles. The lowest BCUT2D eigenvalue weighted by Crippen LogP contribution is -2.36. The quantitative estimate of drug-likeness (QED) is 0.819. The summed E-state index contributed by atoms with van der Waals surface area (Å²) in [6.45, 7) is 6.60. The standard InChI is InChI=1S/C16H25ClN2/c1-12(14-8-9-14)18-10-11-19(3)13(2)15-6-4-5-7-16(15)17/h4-7,12-14,18H,8-11H2,1-3H3. The Morgan fingerprint density at radius 1 is 1.32 bits per heavy atom. The van der Waals surface area contributed by atoms with Crippen molar-refractivity contribution in [1.82, 2.24) is 10.2 Å². The average Bonchev–Trinajstić information content (AvgIpc) is 3.22. The first-order valence-corrected chi connectivity index (χ1v) is 7.65. The molecule has 19 heavy (non-hydrogen) atoms. The zero-order valence-corrected chi connectivity index (χ0v) is 13.0. The molecule has 2 rings (SSSR count). The SMILES string of the molecule is CC(NCCN(C)C(C)c1ccccc1Cl)C1CC1. The molecular formula is C16H25ClN2. The summed E-state index contributed by atoms with van der Waals surface area (Å²) in [6, 6.07) is 9.14. The number of nitrogens with zero attached hydrogens (tertiary/aromatic N) is 1. The molecule has 1 aromatic rings. The Kier molecular flexibility index (Phi) is 5.26. The van der Waals surface area contributed by atoms with E-state index in [-0.39, 0.29) is 0 Å². The van der Waals surface area contributed by atoms with Gasteiger partial charge in [0.2, 0.25) is 0 Å². The molecule has 0 aromatic heterocycles. The number of likely N-dealkylation sites (N-methyl/N-ethyl adjacent to an activating group) is 1. The van der Waals surface area contributed by atoms with Gasteiger partial charge in [0.1, 0.15) is 0 Å². The third-order valence-electron chi connectivity index (χ3n) is 4.28. The van der Waals surface area contributed by atoms with Crippen molar-refractivity contribution in [2.75, 3.05) is 20.1 Å². The zero-order chi connectivity index (χ0) is 13.8. The summed E-state index contributed by atoms with van der Waals surface area (Å²) in [4.78, 5) is 2.35. The van der Waals surface area contributed by atoms with E-state index in [1.165, 1.54) is 18.4 Å². The third kappa shape index (κ3) is 4.20. The van der Waals surface area contributed by atoms with Crippen molar-refractivity contribution in [1.29, 1.82) is 0 Å². The van der Waals surface area contributed by atoms with E-state index < -0.39 is 0 Å². The third-order valence-corrected chi connectivity index (χ3v) is 4.62. The van der Waals surface area contributed by atoms with E-state index in [0.717, 1.165) is 24.0 Å². The molecule has 0 saturated heterocycles. The van der Waals surface area contributed by atoms with Gasteiger partial charge in [-0.1, -0.05) is 29.8 Å². The van der Waals surface area contributed by atoms with Crippen molar-refractivity contribution in [3.05, 3.63) is 34.9 Å². The number of nitrogens with one attached hydrogen (secondary N) is 1. The number of halogens is 1. The number of rotatable bonds is 7. The second-order valence-electron chi connectivity index (χ2n) is 5.76. The second-order valence-corrected chi connectivity index (χ2v) is 6.17. The average molecular weight is 281 g/mol. The summed E-state index contributed by atoms with van der Waals surface area (Å²) in [6.07, 6.45) is 2.81. The van der Waals surface area contributed by atoms with E-state index in [2.05, 4.69) is 43.2 Å². The normalized spacial score (nSPS) is 18.6. The van der Waals surface area contributed by atoms with Crippen LogP contribution in [-0.4, -0.2) is 31.1 Å². The topological polar surface area (TPSA) is 15.3 Å². The fourth-order valence-electron chi connectivity index (χ4n) is 2.48. The summed E-state index contributed by atoms with van der Waals surface area (Å²) in [7, 11) is 2.16. The Morgan fingerprint density at radius 2 is 2.00 bits per heavy atom. The minimum Gasteiger partial charge on any atom is -0.313 e. The van der Waals surface area contributed by atoms with Gasteiger partial charge in [-0.3, -0.25) is 4.90 Å². The maximum absolute atomic E-state index is 6.26. The van der Waals surface area contributed by atoms with Gasteiger partial charge in [-0.25, -0.2) is 0 Å². The van der Waals surface area contributed by atoms with Crippen LogP contribution in [0, 0.1) is 5.92 Å². The van der Waals surface area contributed by atoms with Gasteiger partial charge >= 0.3 is 0 Å². The number of hydrogen-bond donors (Lipinski definition) is 1. The van der Waals surface area contributed by atoms with Crippen LogP contribution < -0.4 is 5.32 Å². The van der Waals surface area contributed by atoms with Crippen LogP contribution in [0.3, 0.4) is 0 Å². The van der Waals surface area contributed by atoms with Crippen molar-refractivity contribution in [3.63, 3.8) is 0 Å². The minimum absolute atomic E-state index is 0.353. The highest BCUT2D eigenvalue weighted by molar-refractivity contribution is 6.31. The van der Waals surface area contributed by atoms with Gasteiger partial charge in [0.15, 0.2) is 0 Å². The van der Waals surface area contributed by atoms with E-state index in [4.69, 9.17) is 11.6 Å². The molecule has 0 spiro atoms. The van der Waals surface area contributed by atoms with E-state index >= 15 is 0 Å². The molecule has 0 radical (unpaired) electrons. The van der Waals surface area contributed by atoms with Crippen LogP contribution in [0.5, 0.6) is 0 Å². The van der Waals surface area contributed by atoms with Crippen molar-refractivity contribution in [3.8, 4) is 0 Å². The van der Waals surface area contributed by atoms with E-state index in [1.54, 1.807) is 0 Å². The molecule has 1 fully saturated rings. The summed E-state index contributed by atoms with van der Waals surface area (Å²) >= 11 is 6.26. The Hall–Kier alpha value is -0.570. The van der Waals surface area contributed by atoms with Crippen LogP contribution >= 0.6 is 11.6 Å². The van der Waals surface area contributed by atoms with Gasteiger partial charge in [-0.05, 0) is 51.3 Å². The van der Waals surface area contributed by atoms with Crippen molar-refractivity contribution < 1.29 is 0 Å². The smallest absolute Gasteiger partial charge is 0.0453 e. The Balaban J connectivity index is 1.78. The van der Waals surface area contributed by atoms with Gasteiger partial charge in [-0.2, -0.15) is 0 Å². The van der Waals surface area contributed by atoms with Gasteiger partial charge in [0.05, 0.1) is 0 Å². The largest absolute Gasteiger partial charge is 0.313 e. The molecule has 0 aliphatic heterocycles. The monoisotopic (exact) mass is 280 g/mol. The van der Waals surface area contributed by atoms with E-state index in [0.29, 0.717) is 12.1 Å². The minimum atomic E-state index is 0.353. The van der Waals surface area contributed by atoms with Gasteiger partial charge in [0, 0.05) is 30.2 Å². The summed E-state index contributed by atoms with van der Waals surface area (Å²) < 4.78 is 0. The van der Waals surface area contributed by atoms with Crippen LogP contribution in [0.1, 0.15) is 38.3 Å². The maximum Gasteiger partial charge on any atom is 0.0453 e. The van der Waals surface area contributed by atoms with E-state index in [1.807, 2.05) is 12.1 Å². The Morgan fingerprint density at radius 3 is 2.63 bits per heavy atom. The van der Waals surface area contributed by atoms with Gasteiger partial charge in [0.25, 0.3) is 0 Å². The molecule has 1 aromatic carbocycles. The molecule has 1 aliphatic rings. The molecule has 1 N–H and O–H groups in total. The number of hydrogen-bond acceptors (Lipinski definition) is 2. The lowest BCUT2D eigenvalue weighted by atomic mass is 10.1. The van der Waals surface area contributed by atoms with Crippen molar-refractivity contribution >= 4 is 11.6 Å². The molecule has 2 nitrogen and oxygen atoms in total. The van der Waals surface area contributed by atoms with Gasteiger partial charge < -0.3 is 5.32 Å². The van der Waals surface area contributed by atoms with Gasteiger partial charge in [-0.15, -0.1) is 0 Å².